The van der Waals surface area contributed by atoms with Crippen LogP contribution < -0.4 is 0 Å². The summed E-state index contributed by atoms with van der Waals surface area (Å²) in [5, 5.41) is 13.1. The Hall–Kier alpha value is -0.450. The second-order valence-corrected chi connectivity index (χ2v) is 7.43. The summed E-state index contributed by atoms with van der Waals surface area (Å²) in [5.41, 5.74) is 1.27. The maximum atomic E-state index is 9.81. The fourth-order valence-electron chi connectivity index (χ4n) is 3.13. The Morgan fingerprint density at radius 3 is 2.68 bits per heavy atom. The van der Waals surface area contributed by atoms with E-state index in [4.69, 9.17) is 0 Å². The Morgan fingerprint density at radius 1 is 1.47 bits per heavy atom. The number of rotatable bonds is 5. The minimum Gasteiger partial charge on any atom is -0.396 e. The molecule has 2 rings (SSSR count). The summed E-state index contributed by atoms with van der Waals surface area (Å²) in [4.78, 5) is 6.84. The van der Waals surface area contributed by atoms with Crippen molar-refractivity contribution < 1.29 is 5.11 Å². The summed E-state index contributed by atoms with van der Waals surface area (Å²) in [6, 6.07) is 0. The Balaban J connectivity index is 1.90. The molecule has 0 unspecified atom stereocenters. The van der Waals surface area contributed by atoms with Gasteiger partial charge in [0.05, 0.1) is 10.7 Å². The van der Waals surface area contributed by atoms with Gasteiger partial charge in [0.25, 0.3) is 0 Å². The third-order valence-electron chi connectivity index (χ3n) is 4.37. The number of aliphatic hydroxyl groups is 1. The number of nitrogens with zero attached hydrogens (tertiary/aromatic N) is 2. The first-order chi connectivity index (χ1) is 9.03. The minimum atomic E-state index is 0.117. The second kappa shape index (κ2) is 6.33. The molecule has 0 aliphatic heterocycles. The van der Waals surface area contributed by atoms with Gasteiger partial charge in [0.1, 0.15) is 0 Å². The average Bonchev–Trinajstić information content (AvgIpc) is 2.78. The zero-order chi connectivity index (χ0) is 13.9. The van der Waals surface area contributed by atoms with Gasteiger partial charge in [-0.2, -0.15) is 0 Å². The molecule has 1 saturated carbocycles. The number of hydrogen-bond donors (Lipinski definition) is 1. The largest absolute Gasteiger partial charge is 0.396 e. The van der Waals surface area contributed by atoms with Crippen molar-refractivity contribution in [1.29, 1.82) is 0 Å². The molecule has 0 amide bonds. The number of aromatic nitrogens is 1. The van der Waals surface area contributed by atoms with Gasteiger partial charge in [-0.05, 0) is 32.7 Å². The Bertz CT molecular complexity index is 397. The number of aliphatic hydroxyl groups excluding tert-OH is 1. The van der Waals surface area contributed by atoms with Crippen LogP contribution in [0.5, 0.6) is 0 Å². The summed E-state index contributed by atoms with van der Waals surface area (Å²) in [6.07, 6.45) is 4.82. The lowest BCUT2D eigenvalue weighted by Crippen LogP contribution is -2.40. The summed E-state index contributed by atoms with van der Waals surface area (Å²) < 4.78 is 0. The monoisotopic (exact) mass is 282 g/mol. The van der Waals surface area contributed by atoms with E-state index in [2.05, 4.69) is 29.2 Å². The lowest BCUT2D eigenvalue weighted by Gasteiger charge is -2.40. The summed E-state index contributed by atoms with van der Waals surface area (Å²) in [7, 11) is 2.14. The van der Waals surface area contributed by atoms with Crippen LogP contribution in [-0.2, 0) is 6.54 Å². The van der Waals surface area contributed by atoms with E-state index in [1.165, 1.54) is 12.8 Å². The predicted molar refractivity (Wildman–Crippen MR) is 80.3 cm³/mol. The van der Waals surface area contributed by atoms with Crippen molar-refractivity contribution in [3.05, 3.63) is 16.1 Å². The van der Waals surface area contributed by atoms with Gasteiger partial charge in [0.2, 0.25) is 0 Å². The fourth-order valence-corrected chi connectivity index (χ4v) is 3.73. The van der Waals surface area contributed by atoms with Gasteiger partial charge in [-0.1, -0.05) is 19.8 Å². The van der Waals surface area contributed by atoms with Crippen LogP contribution in [0.25, 0.3) is 0 Å². The zero-order valence-electron chi connectivity index (χ0n) is 12.4. The topological polar surface area (TPSA) is 36.4 Å². The van der Waals surface area contributed by atoms with E-state index in [1.807, 2.05) is 6.92 Å². The first kappa shape index (κ1) is 14.9. The van der Waals surface area contributed by atoms with Crippen molar-refractivity contribution in [1.82, 2.24) is 9.88 Å². The molecule has 1 aliphatic rings. The first-order valence-electron chi connectivity index (χ1n) is 7.23. The van der Waals surface area contributed by atoms with Gasteiger partial charge in [0.15, 0.2) is 0 Å². The SMILES string of the molecule is Cc1nc(CN(C)CC2(CO)CCC(C)CC2)cs1. The molecule has 0 spiro atoms. The summed E-state index contributed by atoms with van der Waals surface area (Å²) >= 11 is 1.71. The van der Waals surface area contributed by atoms with E-state index in [1.54, 1.807) is 11.3 Å². The third-order valence-corrected chi connectivity index (χ3v) is 5.20. The van der Waals surface area contributed by atoms with E-state index in [9.17, 15) is 5.11 Å². The number of thiazole rings is 1. The van der Waals surface area contributed by atoms with Gasteiger partial charge in [0, 0.05) is 30.5 Å². The lowest BCUT2D eigenvalue weighted by molar-refractivity contribution is 0.0344. The standard InChI is InChI=1S/C15H26N2OS/c1-12-4-6-15(11-18,7-5-12)10-17(3)8-14-9-19-13(2)16-14/h9,12,18H,4-8,10-11H2,1-3H3. The van der Waals surface area contributed by atoms with E-state index >= 15 is 0 Å². The highest BCUT2D eigenvalue weighted by Crippen LogP contribution is 2.39. The lowest BCUT2D eigenvalue weighted by atomic mass is 9.71. The molecule has 1 fully saturated rings. The molecule has 4 heteroatoms. The summed E-state index contributed by atoms with van der Waals surface area (Å²) in [5.74, 6) is 0.825. The highest BCUT2D eigenvalue weighted by Gasteiger charge is 2.34. The predicted octanol–water partition coefficient (Wildman–Crippen LogP) is 3.07. The van der Waals surface area contributed by atoms with Crippen molar-refractivity contribution in [2.45, 2.75) is 46.1 Å². The molecule has 1 aliphatic carbocycles. The first-order valence-corrected chi connectivity index (χ1v) is 8.11. The fraction of sp³-hybridized carbons (Fsp3) is 0.800. The smallest absolute Gasteiger partial charge is 0.0897 e. The Labute approximate surface area is 120 Å². The van der Waals surface area contributed by atoms with Crippen LogP contribution in [0.3, 0.4) is 0 Å². The molecule has 19 heavy (non-hydrogen) atoms. The molecule has 1 aromatic heterocycles. The second-order valence-electron chi connectivity index (χ2n) is 6.37. The highest BCUT2D eigenvalue weighted by molar-refractivity contribution is 7.09. The molecule has 0 radical (unpaired) electrons. The Morgan fingerprint density at radius 2 is 2.16 bits per heavy atom. The van der Waals surface area contributed by atoms with Crippen LogP contribution in [0.4, 0.5) is 0 Å². The quantitative estimate of drug-likeness (QED) is 0.901. The van der Waals surface area contributed by atoms with Gasteiger partial charge in [-0.3, -0.25) is 4.90 Å². The van der Waals surface area contributed by atoms with Gasteiger partial charge < -0.3 is 5.11 Å². The van der Waals surface area contributed by atoms with Gasteiger partial charge in [-0.15, -0.1) is 11.3 Å². The van der Waals surface area contributed by atoms with Crippen LogP contribution in [0.1, 0.15) is 43.3 Å². The van der Waals surface area contributed by atoms with Crippen molar-refractivity contribution >= 4 is 11.3 Å². The van der Waals surface area contributed by atoms with Crippen molar-refractivity contribution in [3.8, 4) is 0 Å². The van der Waals surface area contributed by atoms with Crippen molar-refractivity contribution in [2.75, 3.05) is 20.2 Å². The maximum absolute atomic E-state index is 9.81. The van der Waals surface area contributed by atoms with Crippen LogP contribution in [0, 0.1) is 18.3 Å². The average molecular weight is 282 g/mol. The minimum absolute atomic E-state index is 0.117. The van der Waals surface area contributed by atoms with E-state index in [-0.39, 0.29) is 5.41 Å². The van der Waals surface area contributed by atoms with E-state index in [0.717, 1.165) is 42.6 Å². The molecule has 1 N–H and O–H groups in total. The van der Waals surface area contributed by atoms with Crippen molar-refractivity contribution in [2.24, 2.45) is 11.3 Å². The van der Waals surface area contributed by atoms with E-state index in [0.29, 0.717) is 6.61 Å². The molecule has 0 aromatic carbocycles. The normalized spacial score (nSPS) is 27.9. The summed E-state index contributed by atoms with van der Waals surface area (Å²) in [6.45, 7) is 6.56. The number of hydrogen-bond acceptors (Lipinski definition) is 4. The maximum Gasteiger partial charge on any atom is 0.0897 e. The van der Waals surface area contributed by atoms with E-state index < -0.39 is 0 Å². The molecule has 3 nitrogen and oxygen atoms in total. The highest BCUT2D eigenvalue weighted by atomic mass is 32.1. The van der Waals surface area contributed by atoms with Crippen molar-refractivity contribution in [3.63, 3.8) is 0 Å². The zero-order valence-corrected chi connectivity index (χ0v) is 13.2. The molecule has 108 valence electrons. The molecular formula is C15H26N2OS. The van der Waals surface area contributed by atoms with Gasteiger partial charge >= 0.3 is 0 Å². The van der Waals surface area contributed by atoms with Crippen LogP contribution >= 0.6 is 11.3 Å². The molecule has 0 atom stereocenters. The Kier molecular flexibility index (Phi) is 4.98. The van der Waals surface area contributed by atoms with Gasteiger partial charge in [-0.25, -0.2) is 4.98 Å². The van der Waals surface area contributed by atoms with Crippen LogP contribution in [0.2, 0.25) is 0 Å². The van der Waals surface area contributed by atoms with Crippen LogP contribution in [-0.4, -0.2) is 35.2 Å². The third kappa shape index (κ3) is 4.01. The molecule has 0 bridgehead atoms. The van der Waals surface area contributed by atoms with Crippen LogP contribution in [0.15, 0.2) is 5.38 Å². The molecular weight excluding hydrogens is 256 g/mol. The molecule has 1 aromatic rings. The molecule has 0 saturated heterocycles. The molecule has 1 heterocycles. The number of aryl methyl sites for hydroxylation is 1.